The fourth-order valence-electron chi connectivity index (χ4n) is 0.784. The van der Waals surface area contributed by atoms with Crippen LogP contribution >= 0.6 is 15.9 Å². The molecule has 4 heteroatoms. The average Bonchev–Trinajstić information content (AvgIpc) is 2.39. The standard InChI is InChI=1S/C7H9BrN2O/c1-10(7(8)11)5-6-3-2-4-9-6/h2-4,9H,5H2,1H3. The molecular formula is C7H9BrN2O. The van der Waals surface area contributed by atoms with Crippen molar-refractivity contribution in [3.8, 4) is 0 Å². The second-order valence-electron chi connectivity index (χ2n) is 2.30. The van der Waals surface area contributed by atoms with Gasteiger partial charge in [-0.1, -0.05) is 0 Å². The Morgan fingerprint density at radius 3 is 3.00 bits per heavy atom. The van der Waals surface area contributed by atoms with E-state index in [0.717, 1.165) is 5.69 Å². The van der Waals surface area contributed by atoms with E-state index in [1.807, 2.05) is 18.3 Å². The average molecular weight is 217 g/mol. The highest BCUT2D eigenvalue weighted by Crippen LogP contribution is 2.02. The number of aromatic amines is 1. The summed E-state index contributed by atoms with van der Waals surface area (Å²) in [7, 11) is 1.73. The van der Waals surface area contributed by atoms with Crippen LogP contribution in [0.3, 0.4) is 0 Å². The van der Waals surface area contributed by atoms with Gasteiger partial charge in [-0.3, -0.25) is 4.79 Å². The van der Waals surface area contributed by atoms with Crippen LogP contribution in [0.5, 0.6) is 0 Å². The molecule has 0 spiro atoms. The molecule has 1 N–H and O–H groups in total. The number of carbonyl (C=O) groups is 1. The minimum Gasteiger partial charge on any atom is -0.364 e. The molecule has 1 heterocycles. The van der Waals surface area contributed by atoms with Gasteiger partial charge in [-0.2, -0.15) is 0 Å². The molecule has 0 saturated carbocycles. The van der Waals surface area contributed by atoms with Crippen molar-refractivity contribution in [1.82, 2.24) is 9.88 Å². The monoisotopic (exact) mass is 216 g/mol. The Balaban J connectivity index is 2.50. The molecule has 1 aromatic heterocycles. The summed E-state index contributed by atoms with van der Waals surface area (Å²) in [4.78, 5) is 15.2. The summed E-state index contributed by atoms with van der Waals surface area (Å²) in [5.41, 5.74) is 1.03. The van der Waals surface area contributed by atoms with Gasteiger partial charge in [0.1, 0.15) is 0 Å². The van der Waals surface area contributed by atoms with Crippen molar-refractivity contribution in [3.05, 3.63) is 24.0 Å². The van der Waals surface area contributed by atoms with Gasteiger partial charge in [0.15, 0.2) is 0 Å². The Hall–Kier alpha value is -0.770. The zero-order chi connectivity index (χ0) is 8.27. The van der Waals surface area contributed by atoms with Crippen LogP contribution in [0.1, 0.15) is 5.69 Å². The predicted octanol–water partition coefficient (Wildman–Crippen LogP) is 1.96. The molecule has 1 aromatic rings. The highest BCUT2D eigenvalue weighted by Gasteiger charge is 2.03. The third-order valence-electron chi connectivity index (χ3n) is 1.37. The van der Waals surface area contributed by atoms with E-state index < -0.39 is 0 Å². The fourth-order valence-corrected chi connectivity index (χ4v) is 0.909. The van der Waals surface area contributed by atoms with Crippen molar-refractivity contribution < 1.29 is 4.79 Å². The van der Waals surface area contributed by atoms with Gasteiger partial charge < -0.3 is 9.88 Å². The molecule has 0 bridgehead atoms. The second-order valence-corrected chi connectivity index (χ2v) is 2.98. The maximum atomic E-state index is 10.7. The maximum absolute atomic E-state index is 10.7. The van der Waals surface area contributed by atoms with Crippen molar-refractivity contribution in [3.63, 3.8) is 0 Å². The third kappa shape index (κ3) is 2.38. The molecule has 1 rings (SSSR count). The highest BCUT2D eigenvalue weighted by atomic mass is 79.9. The van der Waals surface area contributed by atoms with Crippen molar-refractivity contribution in [1.29, 1.82) is 0 Å². The number of hydrogen-bond donors (Lipinski definition) is 1. The molecule has 0 aliphatic rings. The Bertz CT molecular complexity index is 233. The smallest absolute Gasteiger partial charge is 0.289 e. The van der Waals surface area contributed by atoms with Gasteiger partial charge in [0.05, 0.1) is 6.54 Å². The molecule has 0 aliphatic carbocycles. The van der Waals surface area contributed by atoms with Gasteiger partial charge in [-0.05, 0) is 12.1 Å². The molecule has 0 aromatic carbocycles. The van der Waals surface area contributed by atoms with E-state index in [0.29, 0.717) is 6.54 Å². The maximum Gasteiger partial charge on any atom is 0.289 e. The Labute approximate surface area is 73.5 Å². The zero-order valence-corrected chi connectivity index (χ0v) is 7.76. The van der Waals surface area contributed by atoms with Crippen LogP contribution in [0, 0.1) is 0 Å². The SMILES string of the molecule is CN(Cc1ccc[nH]1)C(=O)Br. The molecule has 0 unspecified atom stereocenters. The molecule has 0 fully saturated rings. The van der Waals surface area contributed by atoms with Gasteiger partial charge >= 0.3 is 0 Å². The highest BCUT2D eigenvalue weighted by molar-refractivity contribution is 9.18. The van der Waals surface area contributed by atoms with Crippen LogP contribution in [-0.4, -0.2) is 21.7 Å². The van der Waals surface area contributed by atoms with Gasteiger partial charge in [-0.25, -0.2) is 0 Å². The van der Waals surface area contributed by atoms with E-state index in [1.165, 1.54) is 0 Å². The Morgan fingerprint density at radius 2 is 2.55 bits per heavy atom. The van der Waals surface area contributed by atoms with Crippen LogP contribution in [0.25, 0.3) is 0 Å². The lowest BCUT2D eigenvalue weighted by Crippen LogP contribution is -2.19. The van der Waals surface area contributed by atoms with E-state index in [1.54, 1.807) is 11.9 Å². The van der Waals surface area contributed by atoms with Crippen molar-refractivity contribution in [2.24, 2.45) is 0 Å². The topological polar surface area (TPSA) is 36.1 Å². The summed E-state index contributed by atoms with van der Waals surface area (Å²) >= 11 is 2.86. The molecule has 1 amide bonds. The quantitative estimate of drug-likeness (QED) is 0.596. The first-order valence-corrected chi connectivity index (χ1v) is 4.02. The molecule has 11 heavy (non-hydrogen) atoms. The first-order valence-electron chi connectivity index (χ1n) is 3.23. The van der Waals surface area contributed by atoms with E-state index >= 15 is 0 Å². The third-order valence-corrected chi connectivity index (χ3v) is 1.98. The summed E-state index contributed by atoms with van der Waals surface area (Å²) in [6.07, 6.45) is 1.84. The summed E-state index contributed by atoms with van der Waals surface area (Å²) in [5, 5.41) is 0. The first kappa shape index (κ1) is 8.33. The number of nitrogens with zero attached hydrogens (tertiary/aromatic N) is 1. The zero-order valence-electron chi connectivity index (χ0n) is 6.17. The summed E-state index contributed by atoms with van der Waals surface area (Å²) in [6.45, 7) is 0.608. The molecule has 0 radical (unpaired) electrons. The van der Waals surface area contributed by atoms with Crippen LogP contribution < -0.4 is 0 Å². The second kappa shape index (κ2) is 3.57. The Kier molecular flexibility index (Phi) is 2.70. The molecule has 3 nitrogen and oxygen atoms in total. The van der Waals surface area contributed by atoms with Crippen molar-refractivity contribution in [2.75, 3.05) is 7.05 Å². The summed E-state index contributed by atoms with van der Waals surface area (Å²) < 4.78 is 0. The number of rotatable bonds is 2. The Morgan fingerprint density at radius 1 is 1.82 bits per heavy atom. The lowest BCUT2D eigenvalue weighted by Gasteiger charge is -2.11. The summed E-state index contributed by atoms with van der Waals surface area (Å²) in [6, 6.07) is 3.84. The predicted molar refractivity (Wildman–Crippen MR) is 46.6 cm³/mol. The van der Waals surface area contributed by atoms with E-state index in [-0.39, 0.29) is 4.82 Å². The van der Waals surface area contributed by atoms with Gasteiger partial charge in [0, 0.05) is 34.9 Å². The normalized spacial score (nSPS) is 9.64. The van der Waals surface area contributed by atoms with Crippen LogP contribution in [0.2, 0.25) is 0 Å². The minimum absolute atomic E-state index is 0.105. The van der Waals surface area contributed by atoms with Crippen molar-refractivity contribution >= 4 is 20.7 Å². The number of H-pyrrole nitrogens is 1. The van der Waals surface area contributed by atoms with E-state index in [2.05, 4.69) is 20.9 Å². The number of carbonyl (C=O) groups excluding carboxylic acids is 1. The number of hydrogen-bond acceptors (Lipinski definition) is 1. The van der Waals surface area contributed by atoms with Gasteiger partial charge in [-0.15, -0.1) is 0 Å². The number of amides is 1. The summed E-state index contributed by atoms with van der Waals surface area (Å²) in [5.74, 6) is 0. The molecule has 0 aliphatic heterocycles. The van der Waals surface area contributed by atoms with Gasteiger partial charge in [0.2, 0.25) is 0 Å². The molecule has 0 saturated heterocycles. The lowest BCUT2D eigenvalue weighted by atomic mass is 10.4. The fraction of sp³-hybridized carbons (Fsp3) is 0.286. The lowest BCUT2D eigenvalue weighted by molar-refractivity contribution is 0.232. The first-order chi connectivity index (χ1) is 5.20. The molecular weight excluding hydrogens is 208 g/mol. The van der Waals surface area contributed by atoms with Crippen LogP contribution in [-0.2, 0) is 6.54 Å². The van der Waals surface area contributed by atoms with Crippen LogP contribution in [0.4, 0.5) is 4.79 Å². The number of aromatic nitrogens is 1. The molecule has 0 atom stereocenters. The molecule has 60 valence electrons. The largest absolute Gasteiger partial charge is 0.364 e. The van der Waals surface area contributed by atoms with E-state index in [9.17, 15) is 4.79 Å². The van der Waals surface area contributed by atoms with Crippen LogP contribution in [0.15, 0.2) is 18.3 Å². The van der Waals surface area contributed by atoms with E-state index in [4.69, 9.17) is 0 Å². The number of nitrogens with one attached hydrogen (secondary N) is 1. The number of halogens is 1. The van der Waals surface area contributed by atoms with Crippen molar-refractivity contribution in [2.45, 2.75) is 6.54 Å². The minimum atomic E-state index is -0.105. The van der Waals surface area contributed by atoms with Gasteiger partial charge in [0.25, 0.3) is 4.82 Å².